The van der Waals surface area contributed by atoms with Crippen molar-refractivity contribution < 1.29 is 14.6 Å². The van der Waals surface area contributed by atoms with Crippen molar-refractivity contribution in [3.8, 4) is 23.3 Å². The molecule has 1 N–H and O–H groups in total. The summed E-state index contributed by atoms with van der Waals surface area (Å²) in [5.74, 6) is 1.08. The van der Waals surface area contributed by atoms with E-state index in [1.807, 2.05) is 6.07 Å². The zero-order valence-corrected chi connectivity index (χ0v) is 8.67. The number of aromatic hydroxyl groups is 1. The molecule has 0 unspecified atom stereocenters. The molecule has 1 aliphatic rings. The lowest BCUT2D eigenvalue weighted by Gasteiger charge is -2.05. The molecule has 1 heterocycles. The minimum Gasteiger partial charge on any atom is -0.506 e. The van der Waals surface area contributed by atoms with Gasteiger partial charge in [-0.15, -0.1) is 0 Å². The van der Waals surface area contributed by atoms with E-state index >= 15 is 0 Å². The lowest BCUT2D eigenvalue weighted by molar-refractivity contribution is 0.173. The molecule has 0 atom stereocenters. The zero-order chi connectivity index (χ0) is 10.1. The van der Waals surface area contributed by atoms with E-state index in [-0.39, 0.29) is 19.0 Å². The van der Waals surface area contributed by atoms with Crippen LogP contribution < -0.4 is 9.47 Å². The molecule has 0 aromatic heterocycles. The van der Waals surface area contributed by atoms with E-state index in [4.69, 9.17) is 14.7 Å². The number of ether oxygens (including phenoxy) is 2. The largest absolute Gasteiger partial charge is 0.506 e. The summed E-state index contributed by atoms with van der Waals surface area (Å²) in [7, 11) is 0. The Morgan fingerprint density at radius 2 is 2.36 bits per heavy atom. The molecule has 0 spiro atoms. The monoisotopic (exact) mass is 255 g/mol. The van der Waals surface area contributed by atoms with Crippen LogP contribution in [0.3, 0.4) is 0 Å². The molecule has 2 rings (SSSR count). The Hall–Kier alpha value is -1.41. The molecule has 0 saturated carbocycles. The number of halogens is 1. The molecule has 5 heteroatoms. The molecule has 1 aromatic rings. The molecule has 72 valence electrons. The average molecular weight is 256 g/mol. The minimum atomic E-state index is 0.0378. The fraction of sp³-hybridized carbons (Fsp3) is 0.222. The maximum atomic E-state index is 9.66. The quantitative estimate of drug-likeness (QED) is 0.834. The van der Waals surface area contributed by atoms with E-state index in [0.717, 1.165) is 0 Å². The number of nitrogens with zero attached hydrogens (tertiary/aromatic N) is 1. The third kappa shape index (κ3) is 1.28. The maximum absolute atomic E-state index is 9.66. The summed E-state index contributed by atoms with van der Waals surface area (Å²) in [6.45, 7) is 0.142. The fourth-order valence-electron chi connectivity index (χ4n) is 1.26. The number of hydrogen-bond donors (Lipinski definition) is 1. The maximum Gasteiger partial charge on any atom is 0.231 e. The van der Waals surface area contributed by atoms with Crippen molar-refractivity contribution in [1.29, 1.82) is 5.26 Å². The molecule has 0 amide bonds. The van der Waals surface area contributed by atoms with Crippen LogP contribution in [0.2, 0.25) is 0 Å². The van der Waals surface area contributed by atoms with E-state index in [0.29, 0.717) is 21.5 Å². The lowest BCUT2D eigenvalue weighted by Crippen LogP contribution is -1.93. The first kappa shape index (κ1) is 9.16. The Labute approximate surface area is 88.8 Å². The summed E-state index contributed by atoms with van der Waals surface area (Å²) in [4.78, 5) is 0. The summed E-state index contributed by atoms with van der Waals surface area (Å²) >= 11 is 3.19. The van der Waals surface area contributed by atoms with E-state index in [1.165, 1.54) is 0 Å². The van der Waals surface area contributed by atoms with Crippen molar-refractivity contribution in [2.24, 2.45) is 0 Å². The van der Waals surface area contributed by atoms with Crippen molar-refractivity contribution in [3.63, 3.8) is 0 Å². The van der Waals surface area contributed by atoms with Gasteiger partial charge in [0, 0.05) is 5.56 Å². The Morgan fingerprint density at radius 1 is 1.57 bits per heavy atom. The van der Waals surface area contributed by atoms with Crippen molar-refractivity contribution in [2.75, 3.05) is 6.79 Å². The molecule has 1 aliphatic heterocycles. The van der Waals surface area contributed by atoms with E-state index in [2.05, 4.69) is 15.9 Å². The van der Waals surface area contributed by atoms with Crippen LogP contribution in [0.4, 0.5) is 0 Å². The molecule has 1 aromatic carbocycles. The first-order valence-electron chi connectivity index (χ1n) is 3.91. The highest BCUT2D eigenvalue weighted by atomic mass is 79.9. The normalized spacial score (nSPS) is 12.6. The molecule has 14 heavy (non-hydrogen) atoms. The van der Waals surface area contributed by atoms with Gasteiger partial charge in [-0.2, -0.15) is 5.26 Å². The summed E-state index contributed by atoms with van der Waals surface area (Å²) < 4.78 is 10.7. The topological polar surface area (TPSA) is 62.5 Å². The van der Waals surface area contributed by atoms with Gasteiger partial charge in [0.15, 0.2) is 11.5 Å². The van der Waals surface area contributed by atoms with Crippen molar-refractivity contribution in [3.05, 3.63) is 16.1 Å². The number of nitriles is 1. The van der Waals surface area contributed by atoms with Gasteiger partial charge in [-0.25, -0.2) is 0 Å². The van der Waals surface area contributed by atoms with Crippen LogP contribution in [0.1, 0.15) is 5.56 Å². The summed E-state index contributed by atoms with van der Waals surface area (Å²) in [5.41, 5.74) is 0.531. The third-order valence-electron chi connectivity index (χ3n) is 1.93. The second-order valence-corrected chi connectivity index (χ2v) is 3.56. The summed E-state index contributed by atoms with van der Waals surface area (Å²) in [6, 6.07) is 3.58. The second kappa shape index (κ2) is 3.39. The van der Waals surface area contributed by atoms with Gasteiger partial charge < -0.3 is 14.6 Å². The van der Waals surface area contributed by atoms with Crippen molar-refractivity contribution >= 4 is 15.9 Å². The Morgan fingerprint density at radius 3 is 3.07 bits per heavy atom. The van der Waals surface area contributed by atoms with Crippen LogP contribution in [0, 0.1) is 11.3 Å². The smallest absolute Gasteiger partial charge is 0.231 e. The average Bonchev–Trinajstić information content (AvgIpc) is 2.62. The fourth-order valence-corrected chi connectivity index (χ4v) is 1.83. The molecule has 4 nitrogen and oxygen atoms in total. The van der Waals surface area contributed by atoms with Gasteiger partial charge in [0.25, 0.3) is 0 Å². The van der Waals surface area contributed by atoms with E-state index < -0.39 is 0 Å². The van der Waals surface area contributed by atoms with Gasteiger partial charge in [0.05, 0.1) is 12.5 Å². The van der Waals surface area contributed by atoms with Gasteiger partial charge in [-0.05, 0) is 22.0 Å². The molecular formula is C9H6BrNO3. The summed E-state index contributed by atoms with van der Waals surface area (Å²) in [5, 5.41) is 18.2. The lowest BCUT2D eigenvalue weighted by atomic mass is 10.1. The van der Waals surface area contributed by atoms with Crippen molar-refractivity contribution in [2.45, 2.75) is 6.42 Å². The minimum absolute atomic E-state index is 0.0378. The van der Waals surface area contributed by atoms with Gasteiger partial charge in [-0.1, -0.05) is 0 Å². The highest BCUT2D eigenvalue weighted by molar-refractivity contribution is 9.10. The molecule has 0 saturated heterocycles. The van der Waals surface area contributed by atoms with Crippen molar-refractivity contribution in [1.82, 2.24) is 0 Å². The number of hydrogen-bond acceptors (Lipinski definition) is 4. The first-order valence-corrected chi connectivity index (χ1v) is 4.70. The van der Waals surface area contributed by atoms with Crippen LogP contribution >= 0.6 is 15.9 Å². The predicted molar refractivity (Wildman–Crippen MR) is 51.2 cm³/mol. The zero-order valence-electron chi connectivity index (χ0n) is 7.08. The Balaban J connectivity index is 2.56. The molecule has 0 fully saturated rings. The van der Waals surface area contributed by atoms with Crippen LogP contribution in [-0.2, 0) is 6.42 Å². The van der Waals surface area contributed by atoms with Gasteiger partial charge in [0.1, 0.15) is 10.2 Å². The number of fused-ring (bicyclic) bond motifs is 1. The number of benzene rings is 1. The van der Waals surface area contributed by atoms with Gasteiger partial charge in [-0.3, -0.25) is 0 Å². The van der Waals surface area contributed by atoms with E-state index in [1.54, 1.807) is 6.07 Å². The molecule has 0 bridgehead atoms. The standard InChI is InChI=1S/C9H6BrNO3/c10-7-8(12)5(1-2-11)3-6-9(7)14-4-13-6/h3,12H,1,4H2. The van der Waals surface area contributed by atoms with Gasteiger partial charge >= 0.3 is 0 Å². The Bertz CT molecular complexity index is 425. The number of phenolic OH excluding ortho intramolecular Hbond substituents is 1. The Kier molecular flexibility index (Phi) is 2.22. The van der Waals surface area contributed by atoms with Crippen LogP contribution in [0.5, 0.6) is 17.2 Å². The molecule has 0 aliphatic carbocycles. The first-order chi connectivity index (χ1) is 6.74. The van der Waals surface area contributed by atoms with Crippen LogP contribution in [0.15, 0.2) is 10.5 Å². The number of phenols is 1. The SMILES string of the molecule is N#CCc1cc2c(c(Br)c1O)OCO2. The van der Waals surface area contributed by atoms with E-state index in [9.17, 15) is 5.11 Å². The van der Waals surface area contributed by atoms with Gasteiger partial charge in [0.2, 0.25) is 6.79 Å². The predicted octanol–water partition coefficient (Wildman–Crippen LogP) is 1.95. The van der Waals surface area contributed by atoms with Crippen LogP contribution in [0.25, 0.3) is 0 Å². The highest BCUT2D eigenvalue weighted by Gasteiger charge is 2.22. The highest BCUT2D eigenvalue weighted by Crippen LogP contribution is 2.46. The number of rotatable bonds is 1. The van der Waals surface area contributed by atoms with Crippen LogP contribution in [-0.4, -0.2) is 11.9 Å². The molecule has 0 radical (unpaired) electrons. The second-order valence-electron chi connectivity index (χ2n) is 2.77. The summed E-state index contributed by atoms with van der Waals surface area (Å²) in [6.07, 6.45) is 0.140. The third-order valence-corrected chi connectivity index (χ3v) is 2.66. The molecular weight excluding hydrogens is 250 g/mol.